The Bertz CT molecular complexity index is 330. The molecule has 6 atom stereocenters. The number of carbonyl (C=O) groups excluding carboxylic acids is 1. The summed E-state index contributed by atoms with van der Waals surface area (Å²) in [4.78, 5) is 12.1. The summed E-state index contributed by atoms with van der Waals surface area (Å²) in [6, 6.07) is 0.474. The molecule has 3 fully saturated rings. The molecule has 0 radical (unpaired) electrons. The summed E-state index contributed by atoms with van der Waals surface area (Å²) in [5.41, 5.74) is 5.53. The normalized spacial score (nSPS) is 42.9. The molecule has 0 aromatic heterocycles. The first-order valence-corrected chi connectivity index (χ1v) is 7.71. The molecule has 3 aliphatic carbocycles. The number of fused-ring (bicyclic) bond motifs is 5. The minimum atomic E-state index is 0.0773. The van der Waals surface area contributed by atoms with Crippen LogP contribution in [0.25, 0.3) is 0 Å². The Balaban J connectivity index is 1.58. The van der Waals surface area contributed by atoms with Crippen LogP contribution in [0, 0.1) is 29.6 Å². The van der Waals surface area contributed by atoms with Crippen LogP contribution in [0.5, 0.6) is 0 Å². The van der Waals surface area contributed by atoms with Crippen LogP contribution in [0.2, 0.25) is 0 Å². The van der Waals surface area contributed by atoms with Gasteiger partial charge in [-0.1, -0.05) is 13.3 Å². The molecule has 3 heteroatoms. The van der Waals surface area contributed by atoms with Crippen molar-refractivity contribution in [3.05, 3.63) is 0 Å². The van der Waals surface area contributed by atoms with Crippen molar-refractivity contribution < 1.29 is 4.79 Å². The third kappa shape index (κ3) is 1.97. The number of hydrogen-bond donors (Lipinski definition) is 2. The van der Waals surface area contributed by atoms with E-state index in [0.29, 0.717) is 12.6 Å². The number of rotatable bonds is 4. The van der Waals surface area contributed by atoms with Crippen molar-refractivity contribution in [2.75, 3.05) is 6.54 Å². The van der Waals surface area contributed by atoms with E-state index < -0.39 is 0 Å². The Morgan fingerprint density at radius 1 is 1.28 bits per heavy atom. The van der Waals surface area contributed by atoms with Crippen molar-refractivity contribution in [3.8, 4) is 0 Å². The highest BCUT2D eigenvalue weighted by Gasteiger charge is 2.54. The SMILES string of the molecule is CC(CCN)C(=O)NC1CC2CC1C1CCCC21. The molecular weight excluding hydrogens is 224 g/mol. The molecule has 3 nitrogen and oxygen atoms in total. The van der Waals surface area contributed by atoms with Crippen LogP contribution in [0.1, 0.15) is 45.4 Å². The highest BCUT2D eigenvalue weighted by atomic mass is 16.1. The fourth-order valence-electron chi connectivity index (χ4n) is 4.94. The lowest BCUT2D eigenvalue weighted by Crippen LogP contribution is -2.44. The summed E-state index contributed by atoms with van der Waals surface area (Å²) in [6.07, 6.45) is 7.72. The third-order valence-electron chi connectivity index (χ3n) is 5.80. The van der Waals surface area contributed by atoms with Crippen molar-refractivity contribution >= 4 is 5.91 Å². The lowest BCUT2D eigenvalue weighted by atomic mass is 9.79. The van der Waals surface area contributed by atoms with Crippen LogP contribution in [0.15, 0.2) is 0 Å². The molecule has 102 valence electrons. The zero-order valence-corrected chi connectivity index (χ0v) is 11.4. The Labute approximate surface area is 110 Å². The molecule has 0 aromatic rings. The van der Waals surface area contributed by atoms with Gasteiger partial charge >= 0.3 is 0 Å². The van der Waals surface area contributed by atoms with Gasteiger partial charge in [-0.25, -0.2) is 0 Å². The van der Waals surface area contributed by atoms with Crippen LogP contribution in [-0.2, 0) is 4.79 Å². The summed E-state index contributed by atoms with van der Waals surface area (Å²) in [5.74, 6) is 3.94. The van der Waals surface area contributed by atoms with Gasteiger partial charge < -0.3 is 11.1 Å². The van der Waals surface area contributed by atoms with Gasteiger partial charge in [-0.2, -0.15) is 0 Å². The van der Waals surface area contributed by atoms with Gasteiger partial charge in [0.25, 0.3) is 0 Å². The second-order valence-corrected chi connectivity index (χ2v) is 6.75. The van der Waals surface area contributed by atoms with Gasteiger partial charge in [-0.3, -0.25) is 4.79 Å². The average Bonchev–Trinajstić information content (AvgIpc) is 3.00. The van der Waals surface area contributed by atoms with Gasteiger partial charge in [0, 0.05) is 12.0 Å². The van der Waals surface area contributed by atoms with E-state index in [2.05, 4.69) is 5.32 Å². The van der Waals surface area contributed by atoms with Gasteiger partial charge in [0.2, 0.25) is 5.91 Å². The Morgan fingerprint density at radius 2 is 2.06 bits per heavy atom. The lowest BCUT2D eigenvalue weighted by Gasteiger charge is -2.32. The van der Waals surface area contributed by atoms with Crippen molar-refractivity contribution in [3.63, 3.8) is 0 Å². The summed E-state index contributed by atoms with van der Waals surface area (Å²) >= 11 is 0. The van der Waals surface area contributed by atoms with E-state index >= 15 is 0 Å². The Morgan fingerprint density at radius 3 is 2.83 bits per heavy atom. The van der Waals surface area contributed by atoms with Gasteiger partial charge in [-0.15, -0.1) is 0 Å². The fourth-order valence-corrected chi connectivity index (χ4v) is 4.94. The maximum absolute atomic E-state index is 12.1. The van der Waals surface area contributed by atoms with E-state index in [-0.39, 0.29) is 11.8 Å². The quantitative estimate of drug-likeness (QED) is 0.801. The Kier molecular flexibility index (Phi) is 3.35. The molecule has 3 rings (SSSR count). The highest BCUT2D eigenvalue weighted by molar-refractivity contribution is 5.78. The van der Waals surface area contributed by atoms with E-state index in [4.69, 9.17) is 5.73 Å². The molecule has 1 amide bonds. The smallest absolute Gasteiger partial charge is 0.223 e. The van der Waals surface area contributed by atoms with Gasteiger partial charge in [0.05, 0.1) is 0 Å². The highest BCUT2D eigenvalue weighted by Crippen LogP contribution is 2.58. The van der Waals surface area contributed by atoms with E-state index in [1.54, 1.807) is 0 Å². The van der Waals surface area contributed by atoms with E-state index in [0.717, 1.165) is 30.1 Å². The molecular formula is C15H26N2O. The van der Waals surface area contributed by atoms with Crippen LogP contribution in [0.4, 0.5) is 0 Å². The molecule has 18 heavy (non-hydrogen) atoms. The minimum absolute atomic E-state index is 0.0773. The monoisotopic (exact) mass is 250 g/mol. The average molecular weight is 250 g/mol. The Hall–Kier alpha value is -0.570. The maximum Gasteiger partial charge on any atom is 0.223 e. The molecule has 3 saturated carbocycles. The molecule has 0 aliphatic heterocycles. The van der Waals surface area contributed by atoms with Crippen molar-refractivity contribution in [2.45, 2.75) is 51.5 Å². The molecule has 0 heterocycles. The number of carbonyl (C=O) groups is 1. The zero-order valence-electron chi connectivity index (χ0n) is 11.4. The summed E-state index contributed by atoms with van der Waals surface area (Å²) in [5, 5.41) is 3.31. The van der Waals surface area contributed by atoms with E-state index in [9.17, 15) is 4.79 Å². The first-order valence-electron chi connectivity index (χ1n) is 7.71. The van der Waals surface area contributed by atoms with Gasteiger partial charge in [-0.05, 0) is 62.3 Å². The zero-order chi connectivity index (χ0) is 12.7. The molecule has 6 unspecified atom stereocenters. The van der Waals surface area contributed by atoms with Crippen molar-refractivity contribution in [1.82, 2.24) is 5.32 Å². The topological polar surface area (TPSA) is 55.1 Å². The summed E-state index contributed by atoms with van der Waals surface area (Å²) in [6.45, 7) is 2.60. The van der Waals surface area contributed by atoms with Crippen LogP contribution in [-0.4, -0.2) is 18.5 Å². The second kappa shape index (κ2) is 4.84. The van der Waals surface area contributed by atoms with E-state index in [1.807, 2.05) is 6.92 Å². The minimum Gasteiger partial charge on any atom is -0.353 e. The summed E-state index contributed by atoms with van der Waals surface area (Å²) in [7, 11) is 0. The van der Waals surface area contributed by atoms with E-state index in [1.165, 1.54) is 32.1 Å². The van der Waals surface area contributed by atoms with Crippen LogP contribution < -0.4 is 11.1 Å². The lowest BCUT2D eigenvalue weighted by molar-refractivity contribution is -0.125. The first kappa shape index (κ1) is 12.5. The van der Waals surface area contributed by atoms with Crippen molar-refractivity contribution in [2.24, 2.45) is 35.3 Å². The summed E-state index contributed by atoms with van der Waals surface area (Å²) < 4.78 is 0. The number of nitrogens with one attached hydrogen (secondary N) is 1. The molecule has 2 bridgehead atoms. The molecule has 0 spiro atoms. The predicted octanol–water partition coefficient (Wildman–Crippen LogP) is 1.91. The van der Waals surface area contributed by atoms with Crippen LogP contribution >= 0.6 is 0 Å². The molecule has 3 aliphatic rings. The third-order valence-corrected chi connectivity index (χ3v) is 5.80. The predicted molar refractivity (Wildman–Crippen MR) is 71.8 cm³/mol. The number of hydrogen-bond acceptors (Lipinski definition) is 2. The number of nitrogens with two attached hydrogens (primary N) is 1. The molecule has 3 N–H and O–H groups in total. The maximum atomic E-state index is 12.1. The van der Waals surface area contributed by atoms with Gasteiger partial charge in [0.1, 0.15) is 0 Å². The largest absolute Gasteiger partial charge is 0.353 e. The van der Waals surface area contributed by atoms with Crippen LogP contribution in [0.3, 0.4) is 0 Å². The van der Waals surface area contributed by atoms with Gasteiger partial charge in [0.15, 0.2) is 0 Å². The standard InChI is InChI=1S/C15H26N2O/c1-9(5-6-16)15(18)17-14-8-10-7-13(14)12-4-2-3-11(10)12/h9-14H,2-8,16H2,1H3,(H,17,18). The molecule has 0 aromatic carbocycles. The molecule has 0 saturated heterocycles. The second-order valence-electron chi connectivity index (χ2n) is 6.75. The first-order chi connectivity index (χ1) is 8.70. The van der Waals surface area contributed by atoms with Crippen molar-refractivity contribution in [1.29, 1.82) is 0 Å². The fraction of sp³-hybridized carbons (Fsp3) is 0.933. The number of amides is 1.